The number of rotatable bonds is 1. The van der Waals surface area contributed by atoms with Gasteiger partial charge in [0.05, 0.1) is 5.52 Å². The van der Waals surface area contributed by atoms with Gasteiger partial charge in [0.15, 0.2) is 0 Å². The summed E-state index contributed by atoms with van der Waals surface area (Å²) < 4.78 is 0. The van der Waals surface area contributed by atoms with Gasteiger partial charge >= 0.3 is 0 Å². The molecule has 1 atom stereocenters. The monoisotopic (exact) mass is 206 g/mol. The van der Waals surface area contributed by atoms with E-state index in [4.69, 9.17) is 17.3 Å². The smallest absolute Gasteiger partial charge is 0.0764 e. The molecule has 2 rings (SSSR count). The summed E-state index contributed by atoms with van der Waals surface area (Å²) in [7, 11) is 0. The van der Waals surface area contributed by atoms with Crippen LogP contribution >= 0.6 is 11.6 Å². The molecular formula is C11H11ClN2. The minimum Gasteiger partial charge on any atom is -0.324 e. The van der Waals surface area contributed by atoms with Gasteiger partial charge in [-0.05, 0) is 19.1 Å². The molecule has 0 aliphatic heterocycles. The minimum absolute atomic E-state index is 0.0962. The summed E-state index contributed by atoms with van der Waals surface area (Å²) in [5.74, 6) is 0. The molecule has 3 heteroatoms. The van der Waals surface area contributed by atoms with Crippen LogP contribution in [0.5, 0.6) is 0 Å². The van der Waals surface area contributed by atoms with Gasteiger partial charge < -0.3 is 5.73 Å². The summed E-state index contributed by atoms with van der Waals surface area (Å²) in [6.45, 7) is 1.91. The summed E-state index contributed by atoms with van der Waals surface area (Å²) >= 11 is 6.08. The lowest BCUT2D eigenvalue weighted by Crippen LogP contribution is -2.07. The molecule has 0 fully saturated rings. The quantitative estimate of drug-likeness (QED) is 0.779. The van der Waals surface area contributed by atoms with Gasteiger partial charge in [-0.25, -0.2) is 0 Å². The fraction of sp³-hybridized carbons (Fsp3) is 0.182. The van der Waals surface area contributed by atoms with Gasteiger partial charge in [0, 0.05) is 28.2 Å². The molecular weight excluding hydrogens is 196 g/mol. The Kier molecular flexibility index (Phi) is 2.40. The van der Waals surface area contributed by atoms with Crippen molar-refractivity contribution < 1.29 is 0 Å². The Hall–Kier alpha value is -1.12. The van der Waals surface area contributed by atoms with Gasteiger partial charge in [0.25, 0.3) is 0 Å². The molecule has 0 aliphatic carbocycles. The molecule has 2 nitrogen and oxygen atoms in total. The molecule has 0 bridgehead atoms. The third kappa shape index (κ3) is 1.47. The number of pyridine rings is 1. The fourth-order valence-electron chi connectivity index (χ4n) is 1.58. The highest BCUT2D eigenvalue weighted by molar-refractivity contribution is 6.32. The van der Waals surface area contributed by atoms with Gasteiger partial charge in [0.1, 0.15) is 0 Å². The van der Waals surface area contributed by atoms with Crippen LogP contribution in [0, 0.1) is 0 Å². The standard InChI is InChI=1S/C11H11ClN2/c1-7(13)10-9(12)5-4-8-3-2-6-14-11(8)10/h2-7H,13H2,1H3/t7-/m1/s1. The number of hydrogen-bond acceptors (Lipinski definition) is 2. The van der Waals surface area contributed by atoms with Crippen LogP contribution < -0.4 is 5.73 Å². The van der Waals surface area contributed by atoms with Crippen LogP contribution in [0.2, 0.25) is 5.02 Å². The maximum atomic E-state index is 6.08. The molecule has 1 aromatic heterocycles. The Labute approximate surface area is 87.7 Å². The van der Waals surface area contributed by atoms with Crippen molar-refractivity contribution >= 4 is 22.5 Å². The highest BCUT2D eigenvalue weighted by Crippen LogP contribution is 2.28. The number of benzene rings is 1. The van der Waals surface area contributed by atoms with Crippen molar-refractivity contribution in [1.29, 1.82) is 0 Å². The van der Waals surface area contributed by atoms with E-state index in [1.54, 1.807) is 6.20 Å². The third-order valence-corrected chi connectivity index (χ3v) is 2.55. The van der Waals surface area contributed by atoms with Crippen molar-refractivity contribution in [3.05, 3.63) is 41.0 Å². The van der Waals surface area contributed by atoms with E-state index in [1.165, 1.54) is 0 Å². The van der Waals surface area contributed by atoms with E-state index < -0.39 is 0 Å². The molecule has 0 amide bonds. The number of halogens is 1. The van der Waals surface area contributed by atoms with Crippen molar-refractivity contribution in [2.45, 2.75) is 13.0 Å². The van der Waals surface area contributed by atoms with E-state index in [0.717, 1.165) is 16.5 Å². The van der Waals surface area contributed by atoms with Crippen molar-refractivity contribution in [2.24, 2.45) is 5.73 Å². The largest absolute Gasteiger partial charge is 0.324 e. The highest BCUT2D eigenvalue weighted by atomic mass is 35.5. The zero-order valence-corrected chi connectivity index (χ0v) is 8.62. The van der Waals surface area contributed by atoms with E-state index in [1.807, 2.05) is 31.2 Å². The molecule has 14 heavy (non-hydrogen) atoms. The maximum absolute atomic E-state index is 6.08. The number of hydrogen-bond donors (Lipinski definition) is 1. The normalized spacial score (nSPS) is 13.1. The maximum Gasteiger partial charge on any atom is 0.0764 e. The number of fused-ring (bicyclic) bond motifs is 1. The second-order valence-electron chi connectivity index (χ2n) is 3.32. The SMILES string of the molecule is C[C@@H](N)c1c(Cl)ccc2cccnc12. The van der Waals surface area contributed by atoms with Gasteiger partial charge in [-0.15, -0.1) is 0 Å². The summed E-state index contributed by atoms with van der Waals surface area (Å²) in [4.78, 5) is 4.30. The lowest BCUT2D eigenvalue weighted by Gasteiger charge is -2.10. The molecule has 0 radical (unpaired) electrons. The second-order valence-corrected chi connectivity index (χ2v) is 3.73. The first-order valence-electron chi connectivity index (χ1n) is 4.49. The Bertz CT molecular complexity index is 466. The third-order valence-electron chi connectivity index (χ3n) is 2.22. The highest BCUT2D eigenvalue weighted by Gasteiger charge is 2.10. The lowest BCUT2D eigenvalue weighted by atomic mass is 10.0. The number of nitrogens with zero attached hydrogens (tertiary/aromatic N) is 1. The van der Waals surface area contributed by atoms with Gasteiger partial charge in [0.2, 0.25) is 0 Å². The molecule has 0 saturated carbocycles. The van der Waals surface area contributed by atoms with Gasteiger partial charge in [-0.1, -0.05) is 23.7 Å². The Morgan fingerprint density at radius 1 is 1.36 bits per heavy atom. The average molecular weight is 207 g/mol. The molecule has 0 spiro atoms. The number of nitrogens with two attached hydrogens (primary N) is 1. The van der Waals surface area contributed by atoms with Crippen LogP contribution in [0.1, 0.15) is 18.5 Å². The van der Waals surface area contributed by atoms with Crippen LogP contribution in [0.25, 0.3) is 10.9 Å². The first kappa shape index (κ1) is 9.44. The summed E-state index contributed by atoms with van der Waals surface area (Å²) in [5, 5.41) is 1.76. The molecule has 0 aliphatic rings. The first-order chi connectivity index (χ1) is 6.70. The van der Waals surface area contributed by atoms with Crippen LogP contribution in [0.3, 0.4) is 0 Å². The van der Waals surface area contributed by atoms with Crippen LogP contribution in [-0.2, 0) is 0 Å². The predicted molar refractivity (Wildman–Crippen MR) is 59.4 cm³/mol. The molecule has 2 aromatic rings. The summed E-state index contributed by atoms with van der Waals surface area (Å²) in [5.41, 5.74) is 7.68. The van der Waals surface area contributed by atoms with Gasteiger partial charge in [-0.3, -0.25) is 4.98 Å². The van der Waals surface area contributed by atoms with Crippen molar-refractivity contribution in [3.63, 3.8) is 0 Å². The minimum atomic E-state index is -0.0962. The van der Waals surface area contributed by atoms with Gasteiger partial charge in [-0.2, -0.15) is 0 Å². The Balaban J connectivity index is 2.83. The molecule has 72 valence electrons. The van der Waals surface area contributed by atoms with E-state index in [-0.39, 0.29) is 6.04 Å². The lowest BCUT2D eigenvalue weighted by molar-refractivity contribution is 0.824. The van der Waals surface area contributed by atoms with Crippen molar-refractivity contribution in [2.75, 3.05) is 0 Å². The fourth-order valence-corrected chi connectivity index (χ4v) is 1.90. The van der Waals surface area contributed by atoms with Crippen LogP contribution in [-0.4, -0.2) is 4.98 Å². The molecule has 0 unspecified atom stereocenters. The molecule has 1 heterocycles. The molecule has 1 aromatic carbocycles. The van der Waals surface area contributed by atoms with E-state index >= 15 is 0 Å². The van der Waals surface area contributed by atoms with E-state index in [9.17, 15) is 0 Å². The Morgan fingerprint density at radius 2 is 2.14 bits per heavy atom. The van der Waals surface area contributed by atoms with E-state index in [0.29, 0.717) is 5.02 Å². The topological polar surface area (TPSA) is 38.9 Å². The summed E-state index contributed by atoms with van der Waals surface area (Å²) in [6.07, 6.45) is 1.75. The zero-order valence-electron chi connectivity index (χ0n) is 7.87. The first-order valence-corrected chi connectivity index (χ1v) is 4.86. The average Bonchev–Trinajstić information content (AvgIpc) is 2.17. The second kappa shape index (κ2) is 3.56. The van der Waals surface area contributed by atoms with Crippen molar-refractivity contribution in [3.8, 4) is 0 Å². The molecule has 2 N–H and O–H groups in total. The number of aromatic nitrogens is 1. The predicted octanol–water partition coefficient (Wildman–Crippen LogP) is 2.91. The van der Waals surface area contributed by atoms with Crippen LogP contribution in [0.15, 0.2) is 30.5 Å². The van der Waals surface area contributed by atoms with E-state index in [2.05, 4.69) is 4.98 Å². The summed E-state index contributed by atoms with van der Waals surface area (Å²) in [6, 6.07) is 7.63. The molecule has 0 saturated heterocycles. The van der Waals surface area contributed by atoms with Crippen LogP contribution in [0.4, 0.5) is 0 Å². The van der Waals surface area contributed by atoms with Crippen molar-refractivity contribution in [1.82, 2.24) is 4.98 Å². The zero-order chi connectivity index (χ0) is 10.1. The Morgan fingerprint density at radius 3 is 2.86 bits per heavy atom.